The highest BCUT2D eigenvalue weighted by Crippen LogP contribution is 2.36. The van der Waals surface area contributed by atoms with Crippen molar-refractivity contribution in [3.8, 4) is 0 Å². The van der Waals surface area contributed by atoms with Gasteiger partial charge in [0.25, 0.3) is 0 Å². The van der Waals surface area contributed by atoms with E-state index in [0.29, 0.717) is 12.0 Å². The summed E-state index contributed by atoms with van der Waals surface area (Å²) in [6.07, 6.45) is 1.15. The zero-order chi connectivity index (χ0) is 11.3. The summed E-state index contributed by atoms with van der Waals surface area (Å²) in [4.78, 5) is 0. The van der Waals surface area contributed by atoms with Crippen molar-refractivity contribution in [2.75, 3.05) is 33.5 Å². The predicted octanol–water partition coefficient (Wildman–Crippen LogP) is 1.67. The van der Waals surface area contributed by atoms with E-state index in [1.54, 1.807) is 7.11 Å². The van der Waals surface area contributed by atoms with Crippen LogP contribution in [-0.2, 0) is 9.47 Å². The van der Waals surface area contributed by atoms with Crippen LogP contribution in [0.5, 0.6) is 0 Å². The number of hydrogen-bond donors (Lipinski definition) is 1. The van der Waals surface area contributed by atoms with Crippen LogP contribution in [0.4, 0.5) is 0 Å². The molecule has 2 unspecified atom stereocenters. The van der Waals surface area contributed by atoms with E-state index in [2.05, 4.69) is 26.1 Å². The zero-order valence-corrected chi connectivity index (χ0v) is 10.5. The molecule has 1 rings (SSSR count). The fourth-order valence-corrected chi connectivity index (χ4v) is 2.16. The molecule has 0 saturated carbocycles. The van der Waals surface area contributed by atoms with Gasteiger partial charge in [0.15, 0.2) is 0 Å². The average Bonchev–Trinajstić information content (AvgIpc) is 2.65. The van der Waals surface area contributed by atoms with Gasteiger partial charge in [-0.3, -0.25) is 0 Å². The molecular formula is C12H25NO2. The van der Waals surface area contributed by atoms with Crippen LogP contribution < -0.4 is 5.32 Å². The second kappa shape index (κ2) is 5.83. The molecular weight excluding hydrogens is 190 g/mol. The van der Waals surface area contributed by atoms with Gasteiger partial charge in [0.1, 0.15) is 0 Å². The van der Waals surface area contributed by atoms with Gasteiger partial charge in [-0.1, -0.05) is 20.8 Å². The normalized spacial score (nSPS) is 28.6. The van der Waals surface area contributed by atoms with Crippen LogP contribution >= 0.6 is 0 Å². The maximum absolute atomic E-state index is 5.56. The number of hydrogen-bond acceptors (Lipinski definition) is 3. The van der Waals surface area contributed by atoms with Gasteiger partial charge in [-0.15, -0.1) is 0 Å². The first-order valence-corrected chi connectivity index (χ1v) is 5.91. The third-order valence-electron chi connectivity index (χ3n) is 3.46. The molecule has 0 aromatic carbocycles. The van der Waals surface area contributed by atoms with Crippen LogP contribution in [0.1, 0.15) is 27.2 Å². The van der Waals surface area contributed by atoms with Gasteiger partial charge in [0.2, 0.25) is 0 Å². The number of rotatable bonds is 6. The van der Waals surface area contributed by atoms with E-state index in [9.17, 15) is 0 Å². The smallest absolute Gasteiger partial charge is 0.0538 e. The van der Waals surface area contributed by atoms with E-state index < -0.39 is 0 Å². The first-order valence-electron chi connectivity index (χ1n) is 5.91. The van der Waals surface area contributed by atoms with E-state index in [1.807, 2.05) is 0 Å². The molecule has 3 nitrogen and oxygen atoms in total. The van der Waals surface area contributed by atoms with E-state index in [0.717, 1.165) is 32.8 Å². The molecule has 1 N–H and O–H groups in total. The molecule has 0 aromatic heterocycles. The molecule has 90 valence electrons. The largest absolute Gasteiger partial charge is 0.384 e. The lowest BCUT2D eigenvalue weighted by atomic mass is 9.75. The van der Waals surface area contributed by atoms with Gasteiger partial charge >= 0.3 is 0 Å². The van der Waals surface area contributed by atoms with Crippen molar-refractivity contribution in [2.45, 2.75) is 33.2 Å². The van der Waals surface area contributed by atoms with Crippen LogP contribution in [0.3, 0.4) is 0 Å². The first kappa shape index (κ1) is 12.9. The molecule has 1 fully saturated rings. The standard InChI is InChI=1S/C12H25NO2/c1-10(2)13-8-12(5-6-15-9-12)11(3)7-14-4/h10-11,13H,5-9H2,1-4H3. The van der Waals surface area contributed by atoms with Crippen LogP contribution in [0.25, 0.3) is 0 Å². The molecule has 15 heavy (non-hydrogen) atoms. The second-order valence-electron chi connectivity index (χ2n) is 5.06. The summed E-state index contributed by atoms with van der Waals surface area (Å²) in [5, 5.41) is 3.53. The topological polar surface area (TPSA) is 30.5 Å². The zero-order valence-electron chi connectivity index (χ0n) is 10.5. The monoisotopic (exact) mass is 215 g/mol. The Morgan fingerprint density at radius 2 is 2.13 bits per heavy atom. The Kier molecular flexibility index (Phi) is 5.03. The lowest BCUT2D eigenvalue weighted by Crippen LogP contribution is -2.43. The molecule has 1 aliphatic heterocycles. The molecule has 1 heterocycles. The highest BCUT2D eigenvalue weighted by Gasteiger charge is 2.39. The molecule has 0 aliphatic carbocycles. The van der Waals surface area contributed by atoms with E-state index in [1.165, 1.54) is 0 Å². The first-order chi connectivity index (χ1) is 7.10. The van der Waals surface area contributed by atoms with Gasteiger partial charge in [-0.25, -0.2) is 0 Å². The Balaban J connectivity index is 2.53. The number of ether oxygens (including phenoxy) is 2. The van der Waals surface area contributed by atoms with Crippen molar-refractivity contribution >= 4 is 0 Å². The molecule has 2 atom stereocenters. The maximum Gasteiger partial charge on any atom is 0.0538 e. The summed E-state index contributed by atoms with van der Waals surface area (Å²) in [5.41, 5.74) is 0.278. The summed E-state index contributed by atoms with van der Waals surface area (Å²) in [6, 6.07) is 0.539. The van der Waals surface area contributed by atoms with E-state index in [-0.39, 0.29) is 5.41 Å². The molecule has 0 amide bonds. The van der Waals surface area contributed by atoms with Gasteiger partial charge < -0.3 is 14.8 Å². The van der Waals surface area contributed by atoms with Crippen LogP contribution in [-0.4, -0.2) is 39.5 Å². The Morgan fingerprint density at radius 3 is 2.60 bits per heavy atom. The average molecular weight is 215 g/mol. The Morgan fingerprint density at radius 1 is 1.40 bits per heavy atom. The lowest BCUT2D eigenvalue weighted by molar-refractivity contribution is 0.0534. The predicted molar refractivity (Wildman–Crippen MR) is 62.0 cm³/mol. The Bertz CT molecular complexity index is 176. The molecule has 1 aliphatic rings. The van der Waals surface area contributed by atoms with Gasteiger partial charge in [0.05, 0.1) is 6.61 Å². The minimum absolute atomic E-state index is 0.278. The van der Waals surface area contributed by atoms with Gasteiger partial charge in [0, 0.05) is 38.3 Å². The lowest BCUT2D eigenvalue weighted by Gasteiger charge is -2.34. The summed E-state index contributed by atoms with van der Waals surface area (Å²) in [5.74, 6) is 0.552. The van der Waals surface area contributed by atoms with Crippen LogP contribution in [0.2, 0.25) is 0 Å². The van der Waals surface area contributed by atoms with Crippen LogP contribution in [0.15, 0.2) is 0 Å². The Hall–Kier alpha value is -0.120. The SMILES string of the molecule is COCC(C)C1(CNC(C)C)CCOC1. The van der Waals surface area contributed by atoms with Crippen molar-refractivity contribution in [1.82, 2.24) is 5.32 Å². The third-order valence-corrected chi connectivity index (χ3v) is 3.46. The fourth-order valence-electron chi connectivity index (χ4n) is 2.16. The maximum atomic E-state index is 5.56. The Labute approximate surface area is 93.5 Å². The fraction of sp³-hybridized carbons (Fsp3) is 1.00. The van der Waals surface area contributed by atoms with Crippen molar-refractivity contribution in [3.05, 3.63) is 0 Å². The van der Waals surface area contributed by atoms with E-state index >= 15 is 0 Å². The summed E-state index contributed by atoms with van der Waals surface area (Å²) >= 11 is 0. The summed E-state index contributed by atoms with van der Waals surface area (Å²) in [7, 11) is 1.77. The minimum atomic E-state index is 0.278. The third kappa shape index (κ3) is 3.44. The number of nitrogens with one attached hydrogen (secondary N) is 1. The molecule has 1 saturated heterocycles. The molecule has 0 bridgehead atoms. The summed E-state index contributed by atoms with van der Waals surface area (Å²) in [6.45, 7) is 10.3. The highest BCUT2D eigenvalue weighted by molar-refractivity contribution is 4.90. The van der Waals surface area contributed by atoms with Crippen molar-refractivity contribution in [2.24, 2.45) is 11.3 Å². The minimum Gasteiger partial charge on any atom is -0.384 e. The molecule has 0 radical (unpaired) electrons. The van der Waals surface area contributed by atoms with Crippen molar-refractivity contribution in [3.63, 3.8) is 0 Å². The molecule has 0 aromatic rings. The van der Waals surface area contributed by atoms with Gasteiger partial charge in [-0.2, -0.15) is 0 Å². The molecule has 3 heteroatoms. The quantitative estimate of drug-likeness (QED) is 0.731. The number of methoxy groups -OCH3 is 1. The second-order valence-corrected chi connectivity index (χ2v) is 5.06. The molecule has 0 spiro atoms. The van der Waals surface area contributed by atoms with E-state index in [4.69, 9.17) is 9.47 Å². The summed E-state index contributed by atoms with van der Waals surface area (Å²) < 4.78 is 10.8. The highest BCUT2D eigenvalue weighted by atomic mass is 16.5. The van der Waals surface area contributed by atoms with Crippen molar-refractivity contribution in [1.29, 1.82) is 0 Å². The van der Waals surface area contributed by atoms with Crippen molar-refractivity contribution < 1.29 is 9.47 Å². The van der Waals surface area contributed by atoms with Gasteiger partial charge in [-0.05, 0) is 12.3 Å². The van der Waals surface area contributed by atoms with Crippen LogP contribution in [0, 0.1) is 11.3 Å².